The number of aliphatic hydroxyl groups excluding tert-OH is 1. The minimum atomic E-state index is -0.455. The molecule has 0 aliphatic carbocycles. The molecule has 1 aromatic rings. The number of anilines is 2. The molecule has 0 atom stereocenters. The standard InChI is InChI=1S/C12H19N3O4/c1-3-14(19-4-2)10-5-6-11(13-7-8-16)12(9-10)15(17)18/h5-6,9,13,16H,3-4,7-8H2,1-2H3. The molecule has 19 heavy (non-hydrogen) atoms. The molecule has 7 nitrogen and oxygen atoms in total. The minimum Gasteiger partial charge on any atom is -0.395 e. The topological polar surface area (TPSA) is 87.9 Å². The molecule has 7 heteroatoms. The molecule has 2 N–H and O–H groups in total. The highest BCUT2D eigenvalue weighted by Gasteiger charge is 2.16. The van der Waals surface area contributed by atoms with Gasteiger partial charge in [0.15, 0.2) is 0 Å². The summed E-state index contributed by atoms with van der Waals surface area (Å²) in [4.78, 5) is 16.0. The lowest BCUT2D eigenvalue weighted by Crippen LogP contribution is -2.23. The van der Waals surface area contributed by atoms with Crippen LogP contribution in [0.2, 0.25) is 0 Å². The number of hydrogen-bond donors (Lipinski definition) is 2. The first kappa shape index (κ1) is 15.2. The molecule has 0 fully saturated rings. The van der Waals surface area contributed by atoms with E-state index >= 15 is 0 Å². The van der Waals surface area contributed by atoms with E-state index in [0.717, 1.165) is 0 Å². The number of benzene rings is 1. The number of rotatable bonds is 8. The third-order valence-corrected chi connectivity index (χ3v) is 2.47. The van der Waals surface area contributed by atoms with E-state index in [1.165, 1.54) is 6.07 Å². The Hall–Kier alpha value is -1.86. The van der Waals surface area contributed by atoms with Crippen LogP contribution in [-0.4, -0.2) is 36.3 Å². The van der Waals surface area contributed by atoms with Crippen molar-refractivity contribution in [3.8, 4) is 0 Å². The van der Waals surface area contributed by atoms with Crippen molar-refractivity contribution in [1.29, 1.82) is 0 Å². The fourth-order valence-electron chi connectivity index (χ4n) is 1.67. The van der Waals surface area contributed by atoms with Gasteiger partial charge in [-0.3, -0.25) is 20.0 Å². The second-order valence-corrected chi connectivity index (χ2v) is 3.72. The predicted molar refractivity (Wildman–Crippen MR) is 73.3 cm³/mol. The largest absolute Gasteiger partial charge is 0.395 e. The fourth-order valence-corrected chi connectivity index (χ4v) is 1.67. The molecule has 0 saturated heterocycles. The summed E-state index contributed by atoms with van der Waals surface area (Å²) in [5.41, 5.74) is 0.977. The summed E-state index contributed by atoms with van der Waals surface area (Å²) >= 11 is 0. The van der Waals surface area contributed by atoms with E-state index in [0.29, 0.717) is 24.5 Å². The van der Waals surface area contributed by atoms with E-state index < -0.39 is 4.92 Å². The summed E-state index contributed by atoms with van der Waals surface area (Å²) in [7, 11) is 0. The smallest absolute Gasteiger partial charge is 0.294 e. The van der Waals surface area contributed by atoms with Gasteiger partial charge in [0.1, 0.15) is 5.69 Å². The van der Waals surface area contributed by atoms with E-state index in [9.17, 15) is 10.1 Å². The molecule has 106 valence electrons. The first-order valence-electron chi connectivity index (χ1n) is 6.17. The molecular formula is C12H19N3O4. The van der Waals surface area contributed by atoms with Gasteiger partial charge in [-0.15, -0.1) is 0 Å². The SMILES string of the molecule is CCON(CC)c1ccc(NCCO)c([N+](=O)[O-])c1. The van der Waals surface area contributed by atoms with Gasteiger partial charge in [0, 0.05) is 19.2 Å². The van der Waals surface area contributed by atoms with Crippen molar-refractivity contribution in [2.75, 3.05) is 36.7 Å². The first-order valence-corrected chi connectivity index (χ1v) is 6.17. The molecule has 0 aromatic heterocycles. The molecule has 0 aliphatic heterocycles. The monoisotopic (exact) mass is 269 g/mol. The highest BCUT2D eigenvalue weighted by molar-refractivity contribution is 5.68. The number of nitrogens with zero attached hydrogens (tertiary/aromatic N) is 2. The lowest BCUT2D eigenvalue weighted by atomic mass is 10.2. The zero-order chi connectivity index (χ0) is 14.3. The van der Waals surface area contributed by atoms with Gasteiger partial charge in [0.2, 0.25) is 0 Å². The van der Waals surface area contributed by atoms with Gasteiger partial charge >= 0.3 is 0 Å². The van der Waals surface area contributed by atoms with Crippen molar-refractivity contribution >= 4 is 17.1 Å². The fraction of sp³-hybridized carbons (Fsp3) is 0.500. The van der Waals surface area contributed by atoms with Crippen LogP contribution in [0.3, 0.4) is 0 Å². The van der Waals surface area contributed by atoms with Gasteiger partial charge in [0.05, 0.1) is 23.8 Å². The molecule has 0 amide bonds. The minimum absolute atomic E-state index is 0.0379. The summed E-state index contributed by atoms with van der Waals surface area (Å²) in [6, 6.07) is 4.82. The highest BCUT2D eigenvalue weighted by atomic mass is 16.7. The molecule has 0 unspecified atom stereocenters. The normalized spacial score (nSPS) is 10.3. The van der Waals surface area contributed by atoms with E-state index in [2.05, 4.69) is 5.32 Å². The Kier molecular flexibility index (Phi) is 6.04. The van der Waals surface area contributed by atoms with Gasteiger partial charge in [0.25, 0.3) is 5.69 Å². The summed E-state index contributed by atoms with van der Waals surface area (Å²) in [6.45, 7) is 5.02. The maximum atomic E-state index is 11.0. The lowest BCUT2D eigenvalue weighted by Gasteiger charge is -2.21. The number of hydroxylamine groups is 1. The highest BCUT2D eigenvalue weighted by Crippen LogP contribution is 2.29. The summed E-state index contributed by atoms with van der Waals surface area (Å²) < 4.78 is 0. The van der Waals surface area contributed by atoms with E-state index in [1.54, 1.807) is 17.2 Å². The van der Waals surface area contributed by atoms with Gasteiger partial charge in [-0.25, -0.2) is 0 Å². The Bertz CT molecular complexity index is 425. The van der Waals surface area contributed by atoms with Crippen LogP contribution in [0.25, 0.3) is 0 Å². The predicted octanol–water partition coefficient (Wildman–Crippen LogP) is 1.78. The summed E-state index contributed by atoms with van der Waals surface area (Å²) in [6.07, 6.45) is 0. The van der Waals surface area contributed by atoms with Crippen molar-refractivity contribution in [1.82, 2.24) is 0 Å². The quantitative estimate of drug-likeness (QED) is 0.552. The number of nitrogens with one attached hydrogen (secondary N) is 1. The maximum Gasteiger partial charge on any atom is 0.294 e. The van der Waals surface area contributed by atoms with E-state index in [4.69, 9.17) is 9.94 Å². The zero-order valence-corrected chi connectivity index (χ0v) is 11.1. The average molecular weight is 269 g/mol. The Balaban J connectivity index is 3.03. The summed E-state index contributed by atoms with van der Waals surface area (Å²) in [5, 5.41) is 24.2. The first-order chi connectivity index (χ1) is 9.13. The Labute approximate surface area is 111 Å². The number of nitro groups is 1. The van der Waals surface area contributed by atoms with Crippen molar-refractivity contribution in [3.63, 3.8) is 0 Å². The molecule has 0 spiro atoms. The third-order valence-electron chi connectivity index (χ3n) is 2.47. The van der Waals surface area contributed by atoms with E-state index in [1.807, 2.05) is 13.8 Å². The van der Waals surface area contributed by atoms with Crippen LogP contribution in [0.1, 0.15) is 13.8 Å². The van der Waals surface area contributed by atoms with Crippen LogP contribution < -0.4 is 10.4 Å². The summed E-state index contributed by atoms with van der Waals surface area (Å²) in [5.74, 6) is 0. The lowest BCUT2D eigenvalue weighted by molar-refractivity contribution is -0.383. The Morgan fingerprint density at radius 3 is 2.74 bits per heavy atom. The molecule has 1 rings (SSSR count). The number of aliphatic hydroxyl groups is 1. The van der Waals surface area contributed by atoms with Crippen molar-refractivity contribution in [3.05, 3.63) is 28.3 Å². The maximum absolute atomic E-state index is 11.0. The van der Waals surface area contributed by atoms with Crippen molar-refractivity contribution in [2.24, 2.45) is 0 Å². The van der Waals surface area contributed by atoms with Crippen LogP contribution in [0.15, 0.2) is 18.2 Å². The van der Waals surface area contributed by atoms with Gasteiger partial charge in [-0.05, 0) is 26.0 Å². The average Bonchev–Trinajstić information content (AvgIpc) is 2.42. The number of hydrogen-bond acceptors (Lipinski definition) is 6. The van der Waals surface area contributed by atoms with Crippen molar-refractivity contribution in [2.45, 2.75) is 13.8 Å². The van der Waals surface area contributed by atoms with Gasteiger partial charge < -0.3 is 10.4 Å². The van der Waals surface area contributed by atoms with Crippen LogP contribution in [0.5, 0.6) is 0 Å². The molecule has 0 heterocycles. The molecule has 0 radical (unpaired) electrons. The van der Waals surface area contributed by atoms with Crippen LogP contribution in [0, 0.1) is 10.1 Å². The molecule has 1 aromatic carbocycles. The van der Waals surface area contributed by atoms with Crippen LogP contribution in [0.4, 0.5) is 17.1 Å². The number of nitro benzene ring substituents is 1. The third kappa shape index (κ3) is 4.08. The van der Waals surface area contributed by atoms with Gasteiger partial charge in [-0.1, -0.05) is 0 Å². The Morgan fingerprint density at radius 1 is 1.47 bits per heavy atom. The second kappa shape index (κ2) is 7.55. The molecule has 0 bridgehead atoms. The molecule has 0 saturated carbocycles. The van der Waals surface area contributed by atoms with E-state index in [-0.39, 0.29) is 18.8 Å². The van der Waals surface area contributed by atoms with Crippen LogP contribution in [-0.2, 0) is 4.84 Å². The molecule has 0 aliphatic rings. The van der Waals surface area contributed by atoms with Gasteiger partial charge in [-0.2, -0.15) is 0 Å². The molecular weight excluding hydrogens is 250 g/mol. The second-order valence-electron chi connectivity index (χ2n) is 3.72. The Morgan fingerprint density at radius 2 is 2.21 bits per heavy atom. The van der Waals surface area contributed by atoms with Crippen LogP contribution >= 0.6 is 0 Å². The van der Waals surface area contributed by atoms with Crippen molar-refractivity contribution < 1.29 is 14.9 Å². The zero-order valence-electron chi connectivity index (χ0n) is 11.1.